The fraction of sp³-hybridized carbons (Fsp3) is 0.429. The molecule has 0 saturated carbocycles. The molecule has 2 aromatic rings. The molecule has 3 aliphatic rings. The van der Waals surface area contributed by atoms with Gasteiger partial charge < -0.3 is 9.47 Å². The summed E-state index contributed by atoms with van der Waals surface area (Å²) in [5, 5.41) is 0. The van der Waals surface area contributed by atoms with Gasteiger partial charge in [-0.15, -0.1) is 0 Å². The Balaban J connectivity index is 1.22. The Morgan fingerprint density at radius 2 is 1.05 bits per heavy atom. The van der Waals surface area contributed by atoms with Gasteiger partial charge in [0, 0.05) is 38.3 Å². The van der Waals surface area contributed by atoms with Crippen LogP contribution in [0.2, 0.25) is 0 Å². The zero-order valence-corrected chi connectivity index (χ0v) is 21.7. The fourth-order valence-electron chi connectivity index (χ4n) is 5.46. The van der Waals surface area contributed by atoms with Gasteiger partial charge in [0.1, 0.15) is 11.5 Å². The molecule has 4 amide bonds. The van der Waals surface area contributed by atoms with E-state index in [2.05, 4.69) is 0 Å². The predicted octanol–water partition coefficient (Wildman–Crippen LogP) is 2.07. The van der Waals surface area contributed by atoms with Crippen LogP contribution in [0.25, 0.3) is 0 Å². The smallest absolute Gasteiger partial charge is 0.251 e. The quantitative estimate of drug-likeness (QED) is 0.488. The summed E-state index contributed by atoms with van der Waals surface area (Å²) in [5.74, 6) is 0.249. The Labute approximate surface area is 221 Å². The molecule has 3 saturated heterocycles. The van der Waals surface area contributed by atoms with Gasteiger partial charge in [-0.1, -0.05) is 12.1 Å². The molecule has 2 atom stereocenters. The summed E-state index contributed by atoms with van der Waals surface area (Å²) in [5.41, 5.74) is 1.02. The number of imide groups is 2. The van der Waals surface area contributed by atoms with Crippen molar-refractivity contribution in [1.29, 1.82) is 0 Å². The Bertz CT molecular complexity index is 1150. The molecule has 0 aromatic heterocycles. The normalized spacial score (nSPS) is 23.0. The third-order valence-corrected chi connectivity index (χ3v) is 7.25. The van der Waals surface area contributed by atoms with Gasteiger partial charge in [-0.05, 0) is 38.1 Å². The number of carbonyl (C=O) groups excluding carboxylic acids is 4. The molecule has 3 fully saturated rings. The molecule has 0 spiro atoms. The first-order valence-electron chi connectivity index (χ1n) is 13.1. The van der Waals surface area contributed by atoms with E-state index < -0.39 is 12.1 Å². The van der Waals surface area contributed by atoms with Crippen molar-refractivity contribution in [2.24, 2.45) is 0 Å². The first-order valence-corrected chi connectivity index (χ1v) is 13.1. The van der Waals surface area contributed by atoms with Crippen molar-refractivity contribution in [2.75, 3.05) is 49.2 Å². The number of amides is 4. The minimum atomic E-state index is -0.542. The standard InChI is InChI=1S/C28H32N4O6/c1-3-37-21-9-5-7-19(15-21)31-25(33)17-23(27(31)35)29-11-13-30(14-12-29)24-18-26(34)32(28(24)36)20-8-6-10-22(16-20)38-4-2/h5-10,15-16,23-24H,3-4,11-14,17-18H2,1-2H3. The third kappa shape index (κ3) is 4.89. The van der Waals surface area contributed by atoms with Crippen molar-refractivity contribution in [3.8, 4) is 11.5 Å². The average molecular weight is 521 g/mol. The minimum Gasteiger partial charge on any atom is -0.494 e. The molecule has 0 aliphatic carbocycles. The number of rotatable bonds is 8. The zero-order valence-electron chi connectivity index (χ0n) is 21.7. The van der Waals surface area contributed by atoms with E-state index in [9.17, 15) is 19.2 Å². The number of ether oxygens (including phenoxy) is 2. The van der Waals surface area contributed by atoms with Crippen molar-refractivity contribution in [2.45, 2.75) is 38.8 Å². The molecule has 0 radical (unpaired) electrons. The van der Waals surface area contributed by atoms with Crippen LogP contribution in [0.15, 0.2) is 48.5 Å². The van der Waals surface area contributed by atoms with Crippen LogP contribution in [-0.2, 0) is 19.2 Å². The number of piperazine rings is 1. The van der Waals surface area contributed by atoms with E-state index in [1.807, 2.05) is 23.6 Å². The van der Waals surface area contributed by atoms with Crippen LogP contribution in [0.4, 0.5) is 11.4 Å². The molecule has 0 bridgehead atoms. The second kappa shape index (κ2) is 10.9. The van der Waals surface area contributed by atoms with Crippen LogP contribution in [0, 0.1) is 0 Å². The highest BCUT2D eigenvalue weighted by atomic mass is 16.5. The highest BCUT2D eigenvalue weighted by Gasteiger charge is 2.46. The molecule has 10 nitrogen and oxygen atoms in total. The van der Waals surface area contributed by atoms with E-state index in [-0.39, 0.29) is 36.5 Å². The number of carbonyl (C=O) groups is 4. The Hall–Kier alpha value is -3.76. The molecule has 3 aliphatic heterocycles. The maximum Gasteiger partial charge on any atom is 0.251 e. The summed E-state index contributed by atoms with van der Waals surface area (Å²) in [6, 6.07) is 12.9. The van der Waals surface area contributed by atoms with Crippen molar-refractivity contribution >= 4 is 35.0 Å². The van der Waals surface area contributed by atoms with E-state index >= 15 is 0 Å². The first-order chi connectivity index (χ1) is 18.4. The Morgan fingerprint density at radius 1 is 0.658 bits per heavy atom. The van der Waals surface area contributed by atoms with Gasteiger partial charge in [0.05, 0.1) is 49.5 Å². The number of hydrogen-bond acceptors (Lipinski definition) is 8. The minimum absolute atomic E-state index is 0.114. The first kappa shape index (κ1) is 25.9. The lowest BCUT2D eigenvalue weighted by atomic mass is 10.1. The summed E-state index contributed by atoms with van der Waals surface area (Å²) >= 11 is 0. The van der Waals surface area contributed by atoms with Gasteiger partial charge in [0.15, 0.2) is 0 Å². The van der Waals surface area contributed by atoms with Gasteiger partial charge in [-0.2, -0.15) is 0 Å². The highest BCUT2D eigenvalue weighted by molar-refractivity contribution is 6.23. The van der Waals surface area contributed by atoms with Gasteiger partial charge in [0.25, 0.3) is 11.8 Å². The van der Waals surface area contributed by atoms with Crippen LogP contribution in [0.5, 0.6) is 11.5 Å². The van der Waals surface area contributed by atoms with E-state index in [1.165, 1.54) is 9.80 Å². The average Bonchev–Trinajstić information content (AvgIpc) is 3.38. The van der Waals surface area contributed by atoms with Crippen LogP contribution in [-0.4, -0.2) is 84.9 Å². The number of anilines is 2. The Kier molecular flexibility index (Phi) is 7.44. The van der Waals surface area contributed by atoms with Gasteiger partial charge in [-0.3, -0.25) is 29.0 Å². The summed E-state index contributed by atoms with van der Waals surface area (Å²) in [4.78, 5) is 58.7. The lowest BCUT2D eigenvalue weighted by Gasteiger charge is -2.38. The van der Waals surface area contributed by atoms with Crippen LogP contribution < -0.4 is 19.3 Å². The summed E-state index contributed by atoms with van der Waals surface area (Å²) in [6.07, 6.45) is 0.227. The van der Waals surface area contributed by atoms with Crippen LogP contribution in [0.3, 0.4) is 0 Å². The molecular weight excluding hydrogens is 488 g/mol. The molecule has 3 heterocycles. The predicted molar refractivity (Wildman–Crippen MR) is 140 cm³/mol. The topological polar surface area (TPSA) is 99.7 Å². The lowest BCUT2D eigenvalue weighted by Crippen LogP contribution is -2.56. The van der Waals surface area contributed by atoms with E-state index in [0.29, 0.717) is 62.3 Å². The maximum atomic E-state index is 13.3. The molecule has 10 heteroatoms. The third-order valence-electron chi connectivity index (χ3n) is 7.25. The molecule has 5 rings (SSSR count). The Morgan fingerprint density at radius 3 is 1.42 bits per heavy atom. The fourth-order valence-corrected chi connectivity index (χ4v) is 5.46. The van der Waals surface area contributed by atoms with Crippen LogP contribution in [0.1, 0.15) is 26.7 Å². The van der Waals surface area contributed by atoms with Crippen molar-refractivity contribution in [1.82, 2.24) is 9.80 Å². The zero-order chi connectivity index (χ0) is 26.8. The summed E-state index contributed by atoms with van der Waals surface area (Å²) in [6.45, 7) is 6.82. The summed E-state index contributed by atoms with van der Waals surface area (Å²) < 4.78 is 11.0. The van der Waals surface area contributed by atoms with E-state index in [0.717, 1.165) is 0 Å². The SMILES string of the molecule is CCOc1cccc(N2C(=O)CC(N3CCN(C4CC(=O)N(c5cccc(OCC)c5)C4=O)CC3)C2=O)c1. The molecule has 200 valence electrons. The second-order valence-electron chi connectivity index (χ2n) is 9.51. The molecule has 2 unspecified atom stereocenters. The van der Waals surface area contributed by atoms with Crippen molar-refractivity contribution < 1.29 is 28.7 Å². The van der Waals surface area contributed by atoms with Gasteiger partial charge in [0.2, 0.25) is 11.8 Å². The van der Waals surface area contributed by atoms with Crippen LogP contribution >= 0.6 is 0 Å². The highest BCUT2D eigenvalue weighted by Crippen LogP contribution is 2.31. The second-order valence-corrected chi connectivity index (χ2v) is 9.51. The van der Waals surface area contributed by atoms with Crippen molar-refractivity contribution in [3.05, 3.63) is 48.5 Å². The van der Waals surface area contributed by atoms with Gasteiger partial charge >= 0.3 is 0 Å². The molecular formula is C28H32N4O6. The monoisotopic (exact) mass is 520 g/mol. The summed E-state index contributed by atoms with van der Waals surface area (Å²) in [7, 11) is 0. The van der Waals surface area contributed by atoms with Gasteiger partial charge in [-0.25, -0.2) is 9.80 Å². The lowest BCUT2D eigenvalue weighted by molar-refractivity contribution is -0.126. The maximum absolute atomic E-state index is 13.3. The van der Waals surface area contributed by atoms with E-state index in [1.54, 1.807) is 48.5 Å². The molecule has 0 N–H and O–H groups in total. The number of hydrogen-bond donors (Lipinski definition) is 0. The number of nitrogens with zero attached hydrogens (tertiary/aromatic N) is 4. The van der Waals surface area contributed by atoms with E-state index in [4.69, 9.17) is 9.47 Å². The number of benzene rings is 2. The molecule has 38 heavy (non-hydrogen) atoms. The van der Waals surface area contributed by atoms with Crippen molar-refractivity contribution in [3.63, 3.8) is 0 Å². The largest absolute Gasteiger partial charge is 0.494 e. The molecule has 2 aromatic carbocycles.